The largest absolute Gasteiger partial charge is 0.491 e. The molecule has 13 heteroatoms. The van der Waals surface area contributed by atoms with Gasteiger partial charge in [0.05, 0.1) is 12.6 Å². The van der Waals surface area contributed by atoms with E-state index in [1.807, 2.05) is 35.6 Å². The van der Waals surface area contributed by atoms with Gasteiger partial charge in [-0.05, 0) is 19.4 Å². The highest BCUT2D eigenvalue weighted by molar-refractivity contribution is 5.93. The Morgan fingerprint density at radius 2 is 1.56 bits per heavy atom. The molecule has 0 radical (unpaired) electrons. The van der Waals surface area contributed by atoms with E-state index in [0.29, 0.717) is 0 Å². The van der Waals surface area contributed by atoms with Crippen LogP contribution in [0.3, 0.4) is 0 Å². The average molecular weight is 460 g/mol. The fourth-order valence-electron chi connectivity index (χ4n) is 2.22. The lowest BCUT2D eigenvalue weighted by atomic mass is 10.1. The molecule has 0 aliphatic carbocycles. The van der Waals surface area contributed by atoms with Crippen LogP contribution in [0.5, 0.6) is 0 Å². The Hall–Kier alpha value is -3.64. The molecule has 0 saturated heterocycles. The van der Waals surface area contributed by atoms with Crippen LogP contribution in [0.4, 0.5) is 18.0 Å². The van der Waals surface area contributed by atoms with Gasteiger partial charge in [-0.3, -0.25) is 9.59 Å². The minimum atomic E-state index is -5.35. The Kier molecular flexibility index (Phi) is 10.1. The van der Waals surface area contributed by atoms with Gasteiger partial charge in [-0.15, -0.1) is 0 Å². The minimum Gasteiger partial charge on any atom is -0.385 e. The molecule has 0 aliphatic heterocycles. The Morgan fingerprint density at radius 1 is 0.938 bits per heavy atom. The van der Waals surface area contributed by atoms with Gasteiger partial charge in [0, 0.05) is 13.0 Å². The molecule has 0 saturated carbocycles. The maximum atomic E-state index is 12.0. The van der Waals surface area contributed by atoms with Gasteiger partial charge in [-0.2, -0.15) is 13.2 Å². The van der Waals surface area contributed by atoms with E-state index in [-0.39, 0.29) is 19.0 Å². The predicted molar refractivity (Wildman–Crippen MR) is 104 cm³/mol. The average Bonchev–Trinajstić information content (AvgIpc) is 2.72. The first kappa shape index (κ1) is 26.4. The summed E-state index contributed by atoms with van der Waals surface area (Å²) in [5.41, 5.74) is 0.896. The third kappa shape index (κ3) is 9.91. The van der Waals surface area contributed by atoms with E-state index in [2.05, 4.69) is 20.7 Å². The van der Waals surface area contributed by atoms with Crippen molar-refractivity contribution in [1.82, 2.24) is 21.3 Å². The zero-order valence-electron chi connectivity index (χ0n) is 17.2. The van der Waals surface area contributed by atoms with Gasteiger partial charge < -0.3 is 26.0 Å². The Balaban J connectivity index is 2.25. The molecule has 1 unspecified atom stereocenters. The molecule has 10 nitrogen and oxygen atoms in total. The van der Waals surface area contributed by atoms with Crippen LogP contribution in [0.1, 0.15) is 31.9 Å². The zero-order valence-corrected chi connectivity index (χ0v) is 17.2. The smallest absolute Gasteiger partial charge is 0.385 e. The highest BCUT2D eigenvalue weighted by Gasteiger charge is 2.43. The molecule has 4 amide bonds. The molecule has 0 aliphatic rings. The first-order valence-electron chi connectivity index (χ1n) is 9.38. The van der Waals surface area contributed by atoms with Crippen molar-refractivity contribution in [2.75, 3.05) is 13.1 Å². The summed E-state index contributed by atoms with van der Waals surface area (Å²) in [6, 6.07) is 6.89. The number of hydrogen-bond acceptors (Lipinski definition) is 6. The van der Waals surface area contributed by atoms with Gasteiger partial charge in [-0.25, -0.2) is 14.4 Å². The van der Waals surface area contributed by atoms with E-state index < -0.39 is 48.5 Å². The van der Waals surface area contributed by atoms with Crippen LogP contribution in [0.15, 0.2) is 30.3 Å². The van der Waals surface area contributed by atoms with Gasteiger partial charge in [0.25, 0.3) is 0 Å². The Morgan fingerprint density at radius 3 is 2.16 bits per heavy atom. The summed E-state index contributed by atoms with van der Waals surface area (Å²) in [5, 5.41) is 9.36. The highest BCUT2D eigenvalue weighted by Crippen LogP contribution is 2.16. The van der Waals surface area contributed by atoms with Crippen molar-refractivity contribution in [3.8, 4) is 0 Å². The number of hydrogen-bond donors (Lipinski definition) is 4. The SMILES string of the molecule is CC(NC(=O)CNC(=O)CCNC(=O)N[C@H](C)c1ccccc1)C(=O)OC(=O)C(F)(F)F. The standard InChI is InChI=1S/C19H23F3N4O6/c1-11(13-6-4-3-5-7-13)26-18(31)23-9-8-14(27)24-10-15(28)25-12(2)16(29)32-17(30)19(20,21)22/h3-7,11-12H,8-10H2,1-2H3,(H,24,27)(H,25,28)(H2,23,26,31)/t11-,12?/m1/s1. The minimum absolute atomic E-state index is 0.0247. The second-order valence-corrected chi connectivity index (χ2v) is 6.55. The summed E-state index contributed by atoms with van der Waals surface area (Å²) >= 11 is 0. The van der Waals surface area contributed by atoms with E-state index in [1.165, 1.54) is 0 Å². The van der Waals surface area contributed by atoms with Crippen LogP contribution in [-0.2, 0) is 23.9 Å². The Labute approximate surface area is 181 Å². The molecular formula is C19H23F3N4O6. The molecule has 1 rings (SSSR count). The fourth-order valence-corrected chi connectivity index (χ4v) is 2.22. The van der Waals surface area contributed by atoms with Gasteiger partial charge >= 0.3 is 24.1 Å². The first-order chi connectivity index (χ1) is 14.9. The first-order valence-corrected chi connectivity index (χ1v) is 9.38. The summed E-state index contributed by atoms with van der Waals surface area (Å²) in [4.78, 5) is 57.2. The van der Waals surface area contributed by atoms with Crippen LogP contribution in [-0.4, -0.2) is 55.1 Å². The molecule has 0 spiro atoms. The summed E-state index contributed by atoms with van der Waals surface area (Å²) in [6.45, 7) is 2.19. The third-order valence-corrected chi connectivity index (χ3v) is 3.89. The number of benzene rings is 1. The third-order valence-electron chi connectivity index (χ3n) is 3.89. The van der Waals surface area contributed by atoms with Gasteiger partial charge in [0.1, 0.15) is 6.04 Å². The van der Waals surface area contributed by atoms with Crippen LogP contribution in [0.2, 0.25) is 0 Å². The van der Waals surface area contributed by atoms with Crippen molar-refractivity contribution < 1.29 is 41.9 Å². The second kappa shape index (κ2) is 12.3. The number of carbonyl (C=O) groups excluding carboxylic acids is 5. The van der Waals surface area contributed by atoms with Gasteiger partial charge in [0.15, 0.2) is 0 Å². The molecule has 0 bridgehead atoms. The summed E-state index contributed by atoms with van der Waals surface area (Å²) in [6.07, 6.45) is -5.50. The lowest BCUT2D eigenvalue weighted by molar-refractivity contribution is -0.202. The number of esters is 2. The van der Waals surface area contributed by atoms with E-state index in [1.54, 1.807) is 6.92 Å². The number of carbonyl (C=O) groups is 5. The van der Waals surface area contributed by atoms with Crippen molar-refractivity contribution in [2.24, 2.45) is 0 Å². The lowest BCUT2D eigenvalue weighted by Gasteiger charge is -2.15. The van der Waals surface area contributed by atoms with E-state index in [9.17, 15) is 37.1 Å². The predicted octanol–water partition coefficient (Wildman–Crippen LogP) is 0.690. The summed E-state index contributed by atoms with van der Waals surface area (Å²) in [5.74, 6) is -5.80. The van der Waals surface area contributed by atoms with Crippen LogP contribution in [0, 0.1) is 0 Å². The lowest BCUT2D eigenvalue weighted by Crippen LogP contribution is -2.46. The van der Waals surface area contributed by atoms with Gasteiger partial charge in [-0.1, -0.05) is 30.3 Å². The number of ether oxygens (including phenoxy) is 1. The van der Waals surface area contributed by atoms with Crippen molar-refractivity contribution in [1.29, 1.82) is 0 Å². The van der Waals surface area contributed by atoms with E-state index >= 15 is 0 Å². The number of rotatable bonds is 9. The van der Waals surface area contributed by atoms with Crippen LogP contribution >= 0.6 is 0 Å². The van der Waals surface area contributed by atoms with Crippen LogP contribution in [0.25, 0.3) is 0 Å². The number of nitrogens with one attached hydrogen (secondary N) is 4. The van der Waals surface area contributed by atoms with Crippen molar-refractivity contribution in [3.63, 3.8) is 0 Å². The molecule has 0 aromatic heterocycles. The zero-order chi connectivity index (χ0) is 24.3. The van der Waals surface area contributed by atoms with E-state index in [0.717, 1.165) is 12.5 Å². The molecule has 1 aromatic rings. The number of amides is 4. The molecule has 32 heavy (non-hydrogen) atoms. The molecule has 0 heterocycles. The summed E-state index contributed by atoms with van der Waals surface area (Å²) < 4.78 is 39.7. The normalized spacial score (nSPS) is 12.7. The van der Waals surface area contributed by atoms with Gasteiger partial charge in [0.2, 0.25) is 11.8 Å². The maximum absolute atomic E-state index is 12.0. The quantitative estimate of drug-likeness (QED) is 0.316. The molecule has 0 fully saturated rings. The molecule has 176 valence electrons. The van der Waals surface area contributed by atoms with Crippen molar-refractivity contribution in [3.05, 3.63) is 35.9 Å². The van der Waals surface area contributed by atoms with Crippen LogP contribution < -0.4 is 21.3 Å². The fraction of sp³-hybridized carbons (Fsp3) is 0.421. The summed E-state index contributed by atoms with van der Waals surface area (Å²) in [7, 11) is 0. The monoisotopic (exact) mass is 460 g/mol. The number of halogens is 3. The number of alkyl halides is 3. The number of urea groups is 1. The van der Waals surface area contributed by atoms with E-state index in [4.69, 9.17) is 0 Å². The van der Waals surface area contributed by atoms with Crippen molar-refractivity contribution >= 4 is 29.8 Å². The highest BCUT2D eigenvalue weighted by atomic mass is 19.4. The Bertz CT molecular complexity index is 832. The molecule has 2 atom stereocenters. The second-order valence-electron chi connectivity index (χ2n) is 6.55. The topological polar surface area (TPSA) is 143 Å². The molecular weight excluding hydrogens is 437 g/mol. The van der Waals surface area contributed by atoms with Crippen molar-refractivity contribution in [2.45, 2.75) is 38.5 Å². The molecule has 4 N–H and O–H groups in total. The molecule has 1 aromatic carbocycles. The maximum Gasteiger partial charge on any atom is 0.491 e.